The molecule has 3 N–H and O–H groups in total. The number of nitrogens with two attached hydrogens (primary N) is 1. The molecular formula is C18H22N2O2. The van der Waals surface area contributed by atoms with E-state index in [2.05, 4.69) is 18.1 Å². The summed E-state index contributed by atoms with van der Waals surface area (Å²) in [6.07, 6.45) is 5.57. The first-order valence-corrected chi connectivity index (χ1v) is 7.66. The van der Waals surface area contributed by atoms with Crippen LogP contribution in [0.2, 0.25) is 0 Å². The van der Waals surface area contributed by atoms with Crippen molar-refractivity contribution in [1.82, 2.24) is 0 Å². The van der Waals surface area contributed by atoms with Crippen molar-refractivity contribution in [1.29, 1.82) is 0 Å². The summed E-state index contributed by atoms with van der Waals surface area (Å²) in [6.45, 7) is 7.73. The van der Waals surface area contributed by atoms with Crippen LogP contribution in [-0.2, 0) is 0 Å². The van der Waals surface area contributed by atoms with Crippen LogP contribution >= 0.6 is 0 Å². The molecule has 3 unspecified atom stereocenters. The molecule has 4 heteroatoms. The Balaban J connectivity index is 2.11. The summed E-state index contributed by atoms with van der Waals surface area (Å²) >= 11 is 0. The van der Waals surface area contributed by atoms with Crippen molar-refractivity contribution >= 4 is 5.69 Å². The first kappa shape index (κ1) is 14.9. The van der Waals surface area contributed by atoms with Gasteiger partial charge in [0.25, 0.3) is 0 Å². The van der Waals surface area contributed by atoms with Gasteiger partial charge in [-0.05, 0) is 43.5 Å². The van der Waals surface area contributed by atoms with Gasteiger partial charge in [-0.25, -0.2) is 0 Å². The van der Waals surface area contributed by atoms with Gasteiger partial charge < -0.3 is 20.5 Å². The van der Waals surface area contributed by atoms with Crippen molar-refractivity contribution in [2.24, 2.45) is 5.73 Å². The lowest BCUT2D eigenvalue weighted by molar-refractivity contribution is 0.0858. The van der Waals surface area contributed by atoms with Crippen molar-refractivity contribution in [2.45, 2.75) is 37.5 Å². The van der Waals surface area contributed by atoms with Gasteiger partial charge in [0.2, 0.25) is 0 Å². The second-order valence-electron chi connectivity index (χ2n) is 5.75. The summed E-state index contributed by atoms with van der Waals surface area (Å²) in [5.74, 6) is 1.41. The summed E-state index contributed by atoms with van der Waals surface area (Å²) in [7, 11) is 0. The highest BCUT2D eigenvalue weighted by Gasteiger charge is 2.38. The zero-order valence-electron chi connectivity index (χ0n) is 12.6. The third-order valence-corrected chi connectivity index (χ3v) is 4.44. The Hall–Kier alpha value is -2.04. The maximum Gasteiger partial charge on any atom is 0.151 e. The van der Waals surface area contributed by atoms with E-state index in [0.717, 1.165) is 36.4 Å². The van der Waals surface area contributed by atoms with Gasteiger partial charge in [-0.2, -0.15) is 0 Å². The lowest BCUT2D eigenvalue weighted by atomic mass is 9.86. The highest BCUT2D eigenvalue weighted by molar-refractivity contribution is 5.68. The minimum absolute atomic E-state index is 0.0863. The number of ether oxygens (including phenoxy) is 1. The van der Waals surface area contributed by atoms with Crippen LogP contribution in [0.3, 0.4) is 0 Å². The predicted octanol–water partition coefficient (Wildman–Crippen LogP) is 2.71. The van der Waals surface area contributed by atoms with Crippen molar-refractivity contribution in [2.75, 3.05) is 4.90 Å². The number of fused-ring (bicyclic) bond motifs is 1. The Kier molecular flexibility index (Phi) is 4.05. The molecule has 1 aromatic carbocycles. The normalized spacial score (nSPS) is 27.9. The number of anilines is 1. The molecule has 0 amide bonds. The number of rotatable bonds is 3. The third kappa shape index (κ3) is 2.34. The SMILES string of the molecule is C=CC1=C(C=C)N(C2CCCC(N)C2O)c2ccccc2O1. The molecule has 2 aliphatic rings. The smallest absolute Gasteiger partial charge is 0.151 e. The molecular weight excluding hydrogens is 276 g/mol. The maximum atomic E-state index is 10.6. The molecule has 1 aliphatic heterocycles. The first-order chi connectivity index (χ1) is 10.7. The van der Waals surface area contributed by atoms with Crippen LogP contribution in [0.15, 0.2) is 61.0 Å². The quantitative estimate of drug-likeness (QED) is 0.901. The summed E-state index contributed by atoms with van der Waals surface area (Å²) < 4.78 is 5.90. The van der Waals surface area contributed by atoms with Crippen LogP contribution in [0.5, 0.6) is 5.75 Å². The largest absolute Gasteiger partial charge is 0.453 e. The van der Waals surface area contributed by atoms with Gasteiger partial charge in [0.05, 0.1) is 23.5 Å². The number of nitrogens with zero attached hydrogens (tertiary/aromatic N) is 1. The van der Waals surface area contributed by atoms with Gasteiger partial charge in [-0.3, -0.25) is 0 Å². The molecule has 1 aromatic rings. The van der Waals surface area contributed by atoms with Crippen LogP contribution in [0.1, 0.15) is 19.3 Å². The van der Waals surface area contributed by atoms with Crippen LogP contribution < -0.4 is 15.4 Å². The molecule has 0 aromatic heterocycles. The van der Waals surface area contributed by atoms with Crippen molar-refractivity contribution in [3.8, 4) is 5.75 Å². The molecule has 0 bridgehead atoms. The second kappa shape index (κ2) is 5.99. The fraction of sp³-hybridized carbons (Fsp3) is 0.333. The third-order valence-electron chi connectivity index (χ3n) is 4.44. The molecule has 3 atom stereocenters. The fourth-order valence-electron chi connectivity index (χ4n) is 3.34. The molecule has 1 heterocycles. The standard InChI is InChI=1S/C18H22N2O2/c1-3-13-16(4-2)22-17-11-6-5-9-14(17)20(13)15-10-7-8-12(19)18(15)21/h3-6,9,11-12,15,18,21H,1-2,7-8,10,19H2. The van der Waals surface area contributed by atoms with E-state index < -0.39 is 6.10 Å². The van der Waals surface area contributed by atoms with Gasteiger partial charge >= 0.3 is 0 Å². The Morgan fingerprint density at radius 2 is 2.00 bits per heavy atom. The van der Waals surface area contributed by atoms with Crippen LogP contribution in [0, 0.1) is 0 Å². The van der Waals surface area contributed by atoms with Crippen molar-refractivity contribution in [3.63, 3.8) is 0 Å². The molecule has 3 rings (SSSR count). The molecule has 1 aliphatic carbocycles. The molecule has 0 saturated heterocycles. The fourth-order valence-corrected chi connectivity index (χ4v) is 3.34. The van der Waals surface area contributed by atoms with Crippen LogP contribution in [-0.4, -0.2) is 23.3 Å². The van der Waals surface area contributed by atoms with Gasteiger partial charge in [-0.1, -0.05) is 25.3 Å². The molecule has 1 saturated carbocycles. The van der Waals surface area contributed by atoms with Crippen molar-refractivity contribution < 1.29 is 9.84 Å². The number of hydrogen-bond acceptors (Lipinski definition) is 4. The summed E-state index contributed by atoms with van der Waals surface area (Å²) in [4.78, 5) is 2.10. The highest BCUT2D eigenvalue weighted by Crippen LogP contribution is 2.41. The molecule has 1 fully saturated rings. The highest BCUT2D eigenvalue weighted by atomic mass is 16.5. The molecule has 0 radical (unpaired) electrons. The summed E-state index contributed by atoms with van der Waals surface area (Å²) in [6, 6.07) is 7.51. The maximum absolute atomic E-state index is 10.6. The summed E-state index contributed by atoms with van der Waals surface area (Å²) in [5.41, 5.74) is 7.84. The zero-order valence-corrected chi connectivity index (χ0v) is 12.6. The van der Waals surface area contributed by atoms with Crippen LogP contribution in [0.4, 0.5) is 5.69 Å². The van der Waals surface area contributed by atoms with E-state index in [-0.39, 0.29) is 12.1 Å². The molecule has 22 heavy (non-hydrogen) atoms. The Labute approximate surface area is 131 Å². The minimum atomic E-state index is -0.582. The molecule has 0 spiro atoms. The van der Waals surface area contributed by atoms with E-state index in [1.165, 1.54) is 0 Å². The Morgan fingerprint density at radius 3 is 2.73 bits per heavy atom. The van der Waals surface area contributed by atoms with E-state index in [9.17, 15) is 5.11 Å². The number of aliphatic hydroxyl groups is 1. The number of hydrogen-bond donors (Lipinski definition) is 2. The number of benzene rings is 1. The average Bonchev–Trinajstić information content (AvgIpc) is 2.55. The minimum Gasteiger partial charge on any atom is -0.453 e. The first-order valence-electron chi connectivity index (χ1n) is 7.66. The predicted molar refractivity (Wildman–Crippen MR) is 88.6 cm³/mol. The second-order valence-corrected chi connectivity index (χ2v) is 5.75. The monoisotopic (exact) mass is 298 g/mol. The van der Waals surface area contributed by atoms with Gasteiger partial charge in [0, 0.05) is 6.04 Å². The van der Waals surface area contributed by atoms with Crippen molar-refractivity contribution in [3.05, 3.63) is 61.0 Å². The zero-order chi connectivity index (χ0) is 15.7. The van der Waals surface area contributed by atoms with E-state index in [4.69, 9.17) is 10.5 Å². The Bertz CT molecular complexity index is 623. The molecule has 116 valence electrons. The van der Waals surface area contributed by atoms with E-state index >= 15 is 0 Å². The number of allylic oxidation sites excluding steroid dienone is 2. The lowest BCUT2D eigenvalue weighted by Crippen LogP contribution is -2.54. The Morgan fingerprint density at radius 1 is 1.23 bits per heavy atom. The van der Waals surface area contributed by atoms with Gasteiger partial charge in [0.15, 0.2) is 11.5 Å². The average molecular weight is 298 g/mol. The lowest BCUT2D eigenvalue weighted by Gasteiger charge is -2.44. The van der Waals surface area contributed by atoms with E-state index in [1.807, 2.05) is 24.3 Å². The number of aliphatic hydroxyl groups excluding tert-OH is 1. The number of para-hydroxylation sites is 2. The summed E-state index contributed by atoms with van der Waals surface area (Å²) in [5, 5.41) is 10.6. The van der Waals surface area contributed by atoms with Gasteiger partial charge in [0.1, 0.15) is 0 Å². The van der Waals surface area contributed by atoms with Crippen LogP contribution in [0.25, 0.3) is 0 Å². The van der Waals surface area contributed by atoms with E-state index in [0.29, 0.717) is 5.76 Å². The van der Waals surface area contributed by atoms with E-state index in [1.54, 1.807) is 12.2 Å². The molecule has 4 nitrogen and oxygen atoms in total. The topological polar surface area (TPSA) is 58.7 Å². The van der Waals surface area contributed by atoms with Gasteiger partial charge in [-0.15, -0.1) is 0 Å².